The van der Waals surface area contributed by atoms with Gasteiger partial charge in [0.2, 0.25) is 0 Å². The Kier molecular flexibility index (Phi) is 4.39. The van der Waals surface area contributed by atoms with Gasteiger partial charge in [0.05, 0.1) is 11.3 Å². The first-order chi connectivity index (χ1) is 11.0. The first-order valence-electron chi connectivity index (χ1n) is 7.51. The number of hydrogen-bond donors (Lipinski definition) is 4. The number of amides is 1. The van der Waals surface area contributed by atoms with Crippen molar-refractivity contribution in [2.24, 2.45) is 0 Å². The van der Waals surface area contributed by atoms with Crippen LogP contribution in [0.15, 0.2) is 24.3 Å². The van der Waals surface area contributed by atoms with Crippen LogP contribution >= 0.6 is 11.6 Å². The average molecular weight is 335 g/mol. The van der Waals surface area contributed by atoms with Crippen molar-refractivity contribution in [1.29, 1.82) is 0 Å². The lowest BCUT2D eigenvalue weighted by Gasteiger charge is -2.21. The van der Waals surface area contributed by atoms with Crippen molar-refractivity contribution in [2.45, 2.75) is 18.9 Å². The first kappa shape index (κ1) is 16.0. The monoisotopic (exact) mass is 334 g/mol. The van der Waals surface area contributed by atoms with Crippen LogP contribution in [-0.4, -0.2) is 46.4 Å². The summed E-state index contributed by atoms with van der Waals surface area (Å²) in [4.78, 5) is 12.3. The quantitative estimate of drug-likeness (QED) is 0.682. The molecule has 1 amide bonds. The summed E-state index contributed by atoms with van der Waals surface area (Å²) in [6.07, 6.45) is 0.630. The van der Waals surface area contributed by atoms with Gasteiger partial charge in [0.25, 0.3) is 5.91 Å². The number of aromatic nitrogens is 2. The van der Waals surface area contributed by atoms with Crippen LogP contribution in [0.1, 0.15) is 22.5 Å². The Morgan fingerprint density at radius 2 is 2.17 bits per heavy atom. The van der Waals surface area contributed by atoms with E-state index in [4.69, 9.17) is 11.6 Å². The minimum atomic E-state index is -0.872. The third kappa shape index (κ3) is 3.39. The van der Waals surface area contributed by atoms with E-state index in [1.54, 1.807) is 12.1 Å². The van der Waals surface area contributed by atoms with E-state index in [9.17, 15) is 9.90 Å². The largest absolute Gasteiger partial charge is 0.387 e. The summed E-state index contributed by atoms with van der Waals surface area (Å²) < 4.78 is 0. The Bertz CT molecular complexity index is 705. The fourth-order valence-corrected chi connectivity index (χ4v) is 2.85. The molecule has 1 aromatic heterocycles. The molecule has 1 aliphatic rings. The van der Waals surface area contributed by atoms with Crippen molar-refractivity contribution in [2.75, 3.05) is 19.6 Å². The molecule has 2 heterocycles. The van der Waals surface area contributed by atoms with E-state index >= 15 is 0 Å². The fraction of sp³-hybridized carbons (Fsp3) is 0.375. The molecule has 122 valence electrons. The van der Waals surface area contributed by atoms with Crippen molar-refractivity contribution < 1.29 is 9.90 Å². The van der Waals surface area contributed by atoms with Gasteiger partial charge in [-0.25, -0.2) is 0 Å². The molecule has 0 unspecified atom stereocenters. The second-order valence-electron chi connectivity index (χ2n) is 5.91. The Morgan fingerprint density at radius 1 is 1.43 bits per heavy atom. The molecule has 0 spiro atoms. The number of halogens is 1. The molecule has 0 aliphatic carbocycles. The molecular weight excluding hydrogens is 316 g/mol. The number of carbonyl (C=O) groups excluding carboxylic acids is 1. The van der Waals surface area contributed by atoms with Gasteiger partial charge in [-0.1, -0.05) is 23.7 Å². The number of H-pyrrole nitrogens is 1. The van der Waals surface area contributed by atoms with Crippen LogP contribution in [0, 0.1) is 6.92 Å². The number of benzene rings is 1. The third-order valence-electron chi connectivity index (χ3n) is 4.15. The van der Waals surface area contributed by atoms with E-state index in [-0.39, 0.29) is 12.5 Å². The molecule has 23 heavy (non-hydrogen) atoms. The van der Waals surface area contributed by atoms with Gasteiger partial charge in [0.15, 0.2) is 0 Å². The molecule has 0 saturated carbocycles. The van der Waals surface area contributed by atoms with Gasteiger partial charge in [-0.3, -0.25) is 9.89 Å². The van der Waals surface area contributed by atoms with Crippen LogP contribution < -0.4 is 10.6 Å². The summed E-state index contributed by atoms with van der Waals surface area (Å²) in [5, 5.41) is 23.8. The lowest BCUT2D eigenvalue weighted by molar-refractivity contribution is 0.0560. The maximum absolute atomic E-state index is 12.3. The summed E-state index contributed by atoms with van der Waals surface area (Å²) in [7, 11) is 0. The SMILES string of the molecule is Cc1c(-c2ccc(Cl)cc2)n[nH]c1C(=O)NC[C@@]1(O)CCNC1. The summed E-state index contributed by atoms with van der Waals surface area (Å²) >= 11 is 5.89. The van der Waals surface area contributed by atoms with Gasteiger partial charge in [-0.2, -0.15) is 5.10 Å². The van der Waals surface area contributed by atoms with E-state index in [0.29, 0.717) is 29.4 Å². The van der Waals surface area contributed by atoms with Crippen LogP contribution in [0.5, 0.6) is 0 Å². The topological polar surface area (TPSA) is 90.0 Å². The second-order valence-corrected chi connectivity index (χ2v) is 6.35. The number of carbonyl (C=O) groups is 1. The Morgan fingerprint density at radius 3 is 2.83 bits per heavy atom. The Balaban J connectivity index is 1.73. The molecule has 6 nitrogen and oxygen atoms in total. The van der Waals surface area contributed by atoms with Gasteiger partial charge in [0, 0.05) is 29.2 Å². The predicted octanol–water partition coefficient (Wildman–Crippen LogP) is 1.49. The number of nitrogens with one attached hydrogen (secondary N) is 3. The maximum Gasteiger partial charge on any atom is 0.269 e. The second kappa shape index (κ2) is 6.31. The van der Waals surface area contributed by atoms with Crippen molar-refractivity contribution in [3.63, 3.8) is 0 Å². The van der Waals surface area contributed by atoms with Crippen LogP contribution in [0.3, 0.4) is 0 Å². The van der Waals surface area contributed by atoms with Gasteiger partial charge in [-0.05, 0) is 32.0 Å². The number of β-amino-alcohol motifs (C(OH)–C–C–N with tert-alkyl or cyclic N) is 1. The third-order valence-corrected chi connectivity index (χ3v) is 4.41. The number of hydrogen-bond acceptors (Lipinski definition) is 4. The van der Waals surface area contributed by atoms with Crippen LogP contribution in [0.2, 0.25) is 5.02 Å². The smallest absolute Gasteiger partial charge is 0.269 e. The molecule has 1 fully saturated rings. The molecule has 1 aromatic carbocycles. The molecule has 1 saturated heterocycles. The van der Waals surface area contributed by atoms with Crippen molar-refractivity contribution >= 4 is 17.5 Å². The number of nitrogens with zero attached hydrogens (tertiary/aromatic N) is 1. The lowest BCUT2D eigenvalue weighted by Crippen LogP contribution is -2.44. The molecular formula is C16H19ClN4O2. The van der Waals surface area contributed by atoms with Crippen LogP contribution in [0.25, 0.3) is 11.3 Å². The van der Waals surface area contributed by atoms with Crippen molar-refractivity contribution in [3.8, 4) is 11.3 Å². The van der Waals surface area contributed by atoms with Crippen molar-refractivity contribution in [1.82, 2.24) is 20.8 Å². The van der Waals surface area contributed by atoms with E-state index in [0.717, 1.165) is 17.7 Å². The molecule has 2 aromatic rings. The molecule has 4 N–H and O–H groups in total. The predicted molar refractivity (Wildman–Crippen MR) is 88.5 cm³/mol. The first-order valence-corrected chi connectivity index (χ1v) is 7.88. The van der Waals surface area contributed by atoms with E-state index in [1.165, 1.54) is 0 Å². The van der Waals surface area contributed by atoms with E-state index in [1.807, 2.05) is 19.1 Å². The highest BCUT2D eigenvalue weighted by Crippen LogP contribution is 2.24. The van der Waals surface area contributed by atoms with Crippen LogP contribution in [-0.2, 0) is 0 Å². The molecule has 1 aliphatic heterocycles. The normalized spacial score (nSPS) is 20.7. The standard InChI is InChI=1S/C16H19ClN4O2/c1-10-13(11-2-4-12(17)5-3-11)20-21-14(10)15(22)19-9-16(23)6-7-18-8-16/h2-5,18,23H,6-9H2,1H3,(H,19,22)(H,20,21)/t16-/m1/s1. The minimum absolute atomic E-state index is 0.216. The fourth-order valence-electron chi connectivity index (χ4n) is 2.72. The molecule has 3 rings (SSSR count). The highest BCUT2D eigenvalue weighted by Gasteiger charge is 2.31. The van der Waals surface area contributed by atoms with Gasteiger partial charge < -0.3 is 15.7 Å². The highest BCUT2D eigenvalue weighted by molar-refractivity contribution is 6.30. The maximum atomic E-state index is 12.3. The summed E-state index contributed by atoms with van der Waals surface area (Å²) in [5.74, 6) is -0.268. The molecule has 0 radical (unpaired) electrons. The molecule has 7 heteroatoms. The highest BCUT2D eigenvalue weighted by atomic mass is 35.5. The van der Waals surface area contributed by atoms with Gasteiger partial charge >= 0.3 is 0 Å². The summed E-state index contributed by atoms with van der Waals surface area (Å²) in [5.41, 5.74) is 1.91. The average Bonchev–Trinajstić information content (AvgIpc) is 3.13. The Hall–Kier alpha value is -1.89. The number of aliphatic hydroxyl groups is 1. The van der Waals surface area contributed by atoms with E-state index in [2.05, 4.69) is 20.8 Å². The zero-order valence-corrected chi connectivity index (χ0v) is 13.6. The number of aromatic amines is 1. The minimum Gasteiger partial charge on any atom is -0.387 e. The van der Waals surface area contributed by atoms with Crippen molar-refractivity contribution in [3.05, 3.63) is 40.5 Å². The zero-order chi connectivity index (χ0) is 16.4. The zero-order valence-electron chi connectivity index (χ0n) is 12.8. The summed E-state index contributed by atoms with van der Waals surface area (Å²) in [6.45, 7) is 3.31. The van der Waals surface area contributed by atoms with Gasteiger partial charge in [-0.15, -0.1) is 0 Å². The summed E-state index contributed by atoms with van der Waals surface area (Å²) in [6, 6.07) is 7.29. The van der Waals surface area contributed by atoms with Crippen LogP contribution in [0.4, 0.5) is 0 Å². The number of rotatable bonds is 4. The van der Waals surface area contributed by atoms with Gasteiger partial charge in [0.1, 0.15) is 5.69 Å². The lowest BCUT2D eigenvalue weighted by atomic mass is 10.0. The molecule has 1 atom stereocenters. The van der Waals surface area contributed by atoms with E-state index < -0.39 is 5.60 Å². The molecule has 0 bridgehead atoms. The Labute approximate surface area is 139 Å².